The van der Waals surface area contributed by atoms with E-state index in [-0.39, 0.29) is 12.0 Å². The first-order chi connectivity index (χ1) is 22.1. The molecule has 0 amide bonds. The molecule has 0 spiro atoms. The average molecular weight is 641 g/mol. The molecule has 1 fully saturated rings. The lowest BCUT2D eigenvalue weighted by atomic mass is 9.88. The predicted octanol–water partition coefficient (Wildman–Crippen LogP) is 7.43. The molecule has 46 heavy (non-hydrogen) atoms. The van der Waals surface area contributed by atoms with Crippen molar-refractivity contribution in [2.75, 3.05) is 44.2 Å². The fourth-order valence-corrected chi connectivity index (χ4v) is 5.95. The van der Waals surface area contributed by atoms with Crippen molar-refractivity contribution in [3.05, 3.63) is 95.1 Å². The molecule has 3 aromatic carbocycles. The van der Waals surface area contributed by atoms with E-state index in [2.05, 4.69) is 15.9 Å². The molecule has 0 radical (unpaired) electrons. The number of hydrogen-bond acceptors (Lipinski definition) is 5. The summed E-state index contributed by atoms with van der Waals surface area (Å²) in [5, 5.41) is 18.2. The number of piperazine rings is 1. The zero-order chi connectivity index (χ0) is 32.9. The van der Waals surface area contributed by atoms with E-state index in [1.165, 1.54) is 0 Å². The van der Waals surface area contributed by atoms with Crippen molar-refractivity contribution in [1.29, 1.82) is 0 Å². The Morgan fingerprint density at radius 3 is 2.17 bits per heavy atom. The van der Waals surface area contributed by atoms with Crippen LogP contribution in [0.1, 0.15) is 65.6 Å². The van der Waals surface area contributed by atoms with Gasteiger partial charge >= 0.3 is 18.1 Å². The Kier molecular flexibility index (Phi) is 12.9. The van der Waals surface area contributed by atoms with Gasteiger partial charge < -0.3 is 19.8 Å². The molecule has 3 aromatic rings. The third-order valence-corrected chi connectivity index (χ3v) is 8.58. The van der Waals surface area contributed by atoms with E-state index >= 15 is 0 Å². The van der Waals surface area contributed by atoms with Gasteiger partial charge in [-0.15, -0.1) is 0 Å². The fraction of sp³-hybridized carbons (Fsp3) is 0.444. The molecule has 10 heteroatoms. The van der Waals surface area contributed by atoms with E-state index in [1.54, 1.807) is 24.3 Å². The number of unbranched alkanes of at least 4 members (excludes halogenated alkanes) is 1. The second-order valence-electron chi connectivity index (χ2n) is 11.9. The number of halogens is 3. The number of aromatic carboxylic acids is 1. The van der Waals surface area contributed by atoms with E-state index in [9.17, 15) is 27.9 Å². The SMILES string of the molecule is O=C(O)CCCC[C@@H](CCc1ccccc1OCCCN1CCN(c2ccc(C(F)(F)F)cc2)CC1)Cc1ccc(C(=O)O)cc1. The highest BCUT2D eigenvalue weighted by Gasteiger charge is 2.30. The zero-order valence-electron chi connectivity index (χ0n) is 26.1. The van der Waals surface area contributed by atoms with Gasteiger partial charge in [0.2, 0.25) is 0 Å². The van der Waals surface area contributed by atoms with Crippen LogP contribution in [0.5, 0.6) is 5.75 Å². The second-order valence-corrected chi connectivity index (χ2v) is 11.9. The molecular weight excluding hydrogens is 597 g/mol. The lowest BCUT2D eigenvalue weighted by Gasteiger charge is -2.36. The van der Waals surface area contributed by atoms with Gasteiger partial charge in [-0.05, 0) is 91.6 Å². The van der Waals surface area contributed by atoms with Crippen LogP contribution in [0.15, 0.2) is 72.8 Å². The normalized spacial score (nSPS) is 14.6. The molecule has 1 heterocycles. The first kappa shape index (κ1) is 34.8. The van der Waals surface area contributed by atoms with Gasteiger partial charge in [0.15, 0.2) is 0 Å². The number of anilines is 1. The molecule has 0 aromatic heterocycles. The summed E-state index contributed by atoms with van der Waals surface area (Å²) < 4.78 is 44.8. The Morgan fingerprint density at radius 2 is 1.52 bits per heavy atom. The third kappa shape index (κ3) is 11.1. The number of carboxylic acids is 2. The highest BCUT2D eigenvalue weighted by Crippen LogP contribution is 2.31. The summed E-state index contributed by atoms with van der Waals surface area (Å²) in [6.07, 6.45) is 1.54. The summed E-state index contributed by atoms with van der Waals surface area (Å²) in [5.74, 6) is -0.552. The number of aliphatic carboxylic acids is 1. The molecule has 4 rings (SSSR count). The summed E-state index contributed by atoms with van der Waals surface area (Å²) in [6.45, 7) is 4.65. The van der Waals surface area contributed by atoms with E-state index in [0.717, 1.165) is 106 Å². The van der Waals surface area contributed by atoms with Crippen molar-refractivity contribution in [1.82, 2.24) is 4.90 Å². The molecule has 1 aliphatic rings. The smallest absolute Gasteiger partial charge is 0.416 e. The highest BCUT2D eigenvalue weighted by atomic mass is 19.4. The Hall–Kier alpha value is -4.05. The number of hydrogen-bond donors (Lipinski definition) is 2. The zero-order valence-corrected chi connectivity index (χ0v) is 26.1. The number of ether oxygens (including phenoxy) is 1. The van der Waals surface area contributed by atoms with Crippen LogP contribution >= 0.6 is 0 Å². The molecular formula is C36H43F3N2O5. The first-order valence-electron chi connectivity index (χ1n) is 16.0. The van der Waals surface area contributed by atoms with Gasteiger partial charge in [0.25, 0.3) is 0 Å². The molecule has 1 atom stereocenters. The van der Waals surface area contributed by atoms with Gasteiger partial charge in [-0.2, -0.15) is 13.2 Å². The van der Waals surface area contributed by atoms with Crippen LogP contribution in [0.4, 0.5) is 18.9 Å². The summed E-state index contributed by atoms with van der Waals surface area (Å²) in [6, 6.07) is 20.4. The monoisotopic (exact) mass is 640 g/mol. The summed E-state index contributed by atoms with van der Waals surface area (Å²) >= 11 is 0. The topological polar surface area (TPSA) is 90.3 Å². The minimum Gasteiger partial charge on any atom is -0.493 e. The van der Waals surface area contributed by atoms with Crippen LogP contribution in [0.2, 0.25) is 0 Å². The van der Waals surface area contributed by atoms with Crippen LogP contribution in [-0.2, 0) is 23.8 Å². The van der Waals surface area contributed by atoms with Gasteiger partial charge in [0, 0.05) is 44.8 Å². The standard InChI is InChI=1S/C36H43F3N2O5/c37-36(38,39)31-16-18-32(19-17-31)41-23-21-40(22-24-41)20-5-25-46-33-8-3-2-7-29(33)13-10-27(6-1-4-9-34(42)43)26-28-11-14-30(15-12-28)35(44)45/h2-3,7-8,11-12,14-19,27H,1,4-6,9-10,13,20-26H2,(H,42,43)(H,44,45)/t27-/m0/s1. The van der Waals surface area contributed by atoms with Crippen molar-refractivity contribution >= 4 is 17.6 Å². The highest BCUT2D eigenvalue weighted by molar-refractivity contribution is 5.87. The van der Waals surface area contributed by atoms with Crippen LogP contribution in [-0.4, -0.2) is 66.4 Å². The molecule has 0 bridgehead atoms. The van der Waals surface area contributed by atoms with Gasteiger partial charge in [-0.1, -0.05) is 43.2 Å². The molecule has 0 saturated carbocycles. The minimum absolute atomic E-state index is 0.158. The maximum absolute atomic E-state index is 12.9. The van der Waals surface area contributed by atoms with Crippen molar-refractivity contribution in [2.45, 2.75) is 57.5 Å². The number of carboxylic acid groups (broad SMARTS) is 2. The number of nitrogens with zero attached hydrogens (tertiary/aromatic N) is 2. The van der Waals surface area contributed by atoms with Crippen molar-refractivity contribution in [3.8, 4) is 5.75 Å². The predicted molar refractivity (Wildman–Crippen MR) is 172 cm³/mol. The summed E-state index contributed by atoms with van der Waals surface area (Å²) in [4.78, 5) is 26.7. The van der Waals surface area contributed by atoms with Gasteiger partial charge in [-0.3, -0.25) is 9.69 Å². The number of aryl methyl sites for hydroxylation is 1. The number of carbonyl (C=O) groups is 2. The molecule has 0 aliphatic carbocycles. The lowest BCUT2D eigenvalue weighted by Crippen LogP contribution is -2.46. The van der Waals surface area contributed by atoms with Crippen molar-refractivity contribution < 1.29 is 37.7 Å². The van der Waals surface area contributed by atoms with E-state index in [1.807, 2.05) is 30.3 Å². The number of alkyl halides is 3. The number of para-hydroxylation sites is 1. The van der Waals surface area contributed by atoms with Crippen molar-refractivity contribution in [2.24, 2.45) is 5.92 Å². The Bertz CT molecular complexity index is 1390. The lowest BCUT2D eigenvalue weighted by molar-refractivity contribution is -0.138. The van der Waals surface area contributed by atoms with Gasteiger partial charge in [0.05, 0.1) is 17.7 Å². The fourth-order valence-electron chi connectivity index (χ4n) is 5.95. The molecule has 0 unspecified atom stereocenters. The van der Waals surface area contributed by atoms with Crippen LogP contribution in [0.25, 0.3) is 0 Å². The molecule has 248 valence electrons. The minimum atomic E-state index is -4.33. The third-order valence-electron chi connectivity index (χ3n) is 8.58. The maximum atomic E-state index is 12.9. The molecule has 1 saturated heterocycles. The number of benzene rings is 3. The first-order valence-corrected chi connectivity index (χ1v) is 16.0. The molecule has 7 nitrogen and oxygen atoms in total. The number of rotatable bonds is 17. The molecule has 2 N–H and O–H groups in total. The Labute approximate surface area is 268 Å². The summed E-state index contributed by atoms with van der Waals surface area (Å²) in [5.41, 5.74) is 2.64. The van der Waals surface area contributed by atoms with E-state index in [4.69, 9.17) is 9.84 Å². The summed E-state index contributed by atoms with van der Waals surface area (Å²) in [7, 11) is 0. The molecule has 1 aliphatic heterocycles. The van der Waals surface area contributed by atoms with Crippen LogP contribution < -0.4 is 9.64 Å². The average Bonchev–Trinajstić information content (AvgIpc) is 3.04. The Morgan fingerprint density at radius 1 is 0.826 bits per heavy atom. The second kappa shape index (κ2) is 17.0. The van der Waals surface area contributed by atoms with Crippen LogP contribution in [0, 0.1) is 5.92 Å². The Balaban J connectivity index is 1.23. The van der Waals surface area contributed by atoms with Gasteiger partial charge in [0.1, 0.15) is 5.75 Å². The quantitative estimate of drug-likeness (QED) is 0.148. The van der Waals surface area contributed by atoms with Crippen LogP contribution in [0.3, 0.4) is 0 Å². The van der Waals surface area contributed by atoms with Crippen molar-refractivity contribution in [3.63, 3.8) is 0 Å². The largest absolute Gasteiger partial charge is 0.493 e. The maximum Gasteiger partial charge on any atom is 0.416 e. The van der Waals surface area contributed by atoms with Gasteiger partial charge in [-0.25, -0.2) is 4.79 Å². The van der Waals surface area contributed by atoms with E-state index < -0.39 is 23.7 Å². The van der Waals surface area contributed by atoms with E-state index in [0.29, 0.717) is 18.9 Å².